The summed E-state index contributed by atoms with van der Waals surface area (Å²) in [5.74, 6) is 1.03. The van der Waals surface area contributed by atoms with Crippen molar-refractivity contribution in [1.29, 1.82) is 0 Å². The fraction of sp³-hybridized carbons (Fsp3) is 0.227. The van der Waals surface area contributed by atoms with Crippen molar-refractivity contribution < 1.29 is 4.42 Å². The van der Waals surface area contributed by atoms with E-state index >= 15 is 0 Å². The Labute approximate surface area is 184 Å². The number of nitrogens with zero attached hydrogens (tertiary/aromatic N) is 3. The molecule has 1 aliphatic rings. The third kappa shape index (κ3) is 3.99. The monoisotopic (exact) mass is 442 g/mol. The van der Waals surface area contributed by atoms with Gasteiger partial charge >= 0.3 is 5.69 Å². The highest BCUT2D eigenvalue weighted by Gasteiger charge is 2.17. The minimum Gasteiger partial charge on any atom is -0.461 e. The van der Waals surface area contributed by atoms with Gasteiger partial charge in [-0.2, -0.15) is 4.98 Å². The van der Waals surface area contributed by atoms with E-state index in [1.165, 1.54) is 5.56 Å². The summed E-state index contributed by atoms with van der Waals surface area (Å²) >= 11 is 5.86. The van der Waals surface area contributed by atoms with Crippen LogP contribution >= 0.6 is 24.0 Å². The van der Waals surface area contributed by atoms with Crippen LogP contribution in [0.3, 0.4) is 0 Å². The lowest BCUT2D eigenvalue weighted by Crippen LogP contribution is -2.22. The number of hydrogen-bond acceptors (Lipinski definition) is 5. The van der Waals surface area contributed by atoms with Gasteiger partial charge in [0.2, 0.25) is 0 Å². The van der Waals surface area contributed by atoms with Crippen LogP contribution < -0.4 is 11.0 Å². The topological polar surface area (TPSA) is 73.0 Å². The van der Waals surface area contributed by atoms with Gasteiger partial charge in [-0.25, -0.2) is 4.79 Å². The lowest BCUT2D eigenvalue weighted by molar-refractivity contribution is 0.500. The van der Waals surface area contributed by atoms with Crippen LogP contribution in [0.1, 0.15) is 22.7 Å². The maximum absolute atomic E-state index is 12.6. The molecule has 1 aliphatic heterocycles. The zero-order chi connectivity index (χ0) is 19.8. The normalized spacial score (nSPS) is 13.1. The summed E-state index contributed by atoms with van der Waals surface area (Å²) in [6.45, 7) is 1.75. The van der Waals surface area contributed by atoms with E-state index in [0.717, 1.165) is 53.3 Å². The number of fused-ring (bicyclic) bond motifs is 3. The molecule has 8 heteroatoms. The number of aromatic nitrogens is 3. The van der Waals surface area contributed by atoms with Crippen molar-refractivity contribution in [1.82, 2.24) is 19.9 Å². The Kier molecular flexibility index (Phi) is 5.90. The van der Waals surface area contributed by atoms with E-state index in [-0.39, 0.29) is 18.1 Å². The minimum atomic E-state index is -0.302. The predicted molar refractivity (Wildman–Crippen MR) is 119 cm³/mol. The van der Waals surface area contributed by atoms with Crippen molar-refractivity contribution in [3.05, 3.63) is 87.0 Å². The first-order valence-electron chi connectivity index (χ1n) is 9.62. The Balaban J connectivity index is 0.00000218. The zero-order valence-electron chi connectivity index (χ0n) is 16.1. The van der Waals surface area contributed by atoms with Crippen molar-refractivity contribution in [2.24, 2.45) is 0 Å². The van der Waals surface area contributed by atoms with Gasteiger partial charge in [0.25, 0.3) is 0 Å². The average molecular weight is 443 g/mol. The highest BCUT2D eigenvalue weighted by molar-refractivity contribution is 6.30. The number of halogens is 2. The molecule has 0 saturated heterocycles. The minimum absolute atomic E-state index is 0. The number of rotatable bonds is 4. The van der Waals surface area contributed by atoms with Crippen LogP contribution in [0, 0.1) is 0 Å². The van der Waals surface area contributed by atoms with Crippen molar-refractivity contribution in [2.45, 2.75) is 25.8 Å². The van der Waals surface area contributed by atoms with Crippen LogP contribution in [0.2, 0.25) is 5.02 Å². The summed E-state index contributed by atoms with van der Waals surface area (Å²) in [6, 6.07) is 11.4. The fourth-order valence-electron chi connectivity index (χ4n) is 3.73. The van der Waals surface area contributed by atoms with Gasteiger partial charge in [-0.3, -0.25) is 9.55 Å². The summed E-state index contributed by atoms with van der Waals surface area (Å²) in [6.07, 6.45) is 5.62. The summed E-state index contributed by atoms with van der Waals surface area (Å²) in [4.78, 5) is 21.1. The van der Waals surface area contributed by atoms with Gasteiger partial charge in [0.1, 0.15) is 11.3 Å². The van der Waals surface area contributed by atoms with E-state index in [9.17, 15) is 4.79 Å². The molecule has 1 N–H and O–H groups in total. The highest BCUT2D eigenvalue weighted by atomic mass is 35.5. The maximum Gasteiger partial charge on any atom is 0.352 e. The lowest BCUT2D eigenvalue weighted by Gasteiger charge is -2.10. The molecule has 0 atom stereocenters. The number of aryl methyl sites for hydroxylation is 2. The van der Waals surface area contributed by atoms with E-state index in [1.54, 1.807) is 17.0 Å². The molecule has 4 aromatic rings. The van der Waals surface area contributed by atoms with Gasteiger partial charge in [0.05, 0.1) is 10.7 Å². The van der Waals surface area contributed by atoms with Crippen LogP contribution in [-0.2, 0) is 25.8 Å². The maximum atomic E-state index is 12.6. The summed E-state index contributed by atoms with van der Waals surface area (Å²) in [5.41, 5.74) is 4.13. The molecule has 0 amide bonds. The lowest BCUT2D eigenvalue weighted by atomic mass is 10.1. The van der Waals surface area contributed by atoms with Crippen LogP contribution in [0.15, 0.2) is 58.0 Å². The van der Waals surface area contributed by atoms with Crippen molar-refractivity contribution in [3.63, 3.8) is 0 Å². The number of pyridine rings is 1. The number of furan rings is 1. The molecule has 0 fully saturated rings. The highest BCUT2D eigenvalue weighted by Crippen LogP contribution is 2.29. The van der Waals surface area contributed by atoms with E-state index in [2.05, 4.69) is 15.3 Å². The molecule has 0 saturated carbocycles. The smallest absolute Gasteiger partial charge is 0.352 e. The van der Waals surface area contributed by atoms with E-state index in [0.29, 0.717) is 17.9 Å². The molecule has 3 aromatic heterocycles. The van der Waals surface area contributed by atoms with E-state index in [4.69, 9.17) is 16.0 Å². The average Bonchev–Trinajstić information content (AvgIpc) is 3.11. The van der Waals surface area contributed by atoms with Crippen LogP contribution in [0.25, 0.3) is 16.7 Å². The van der Waals surface area contributed by atoms with Gasteiger partial charge in [-0.05, 0) is 43.2 Å². The van der Waals surface area contributed by atoms with Gasteiger partial charge in [-0.15, -0.1) is 12.4 Å². The predicted octanol–water partition coefficient (Wildman–Crippen LogP) is 3.88. The van der Waals surface area contributed by atoms with Crippen molar-refractivity contribution >= 4 is 35.0 Å². The van der Waals surface area contributed by atoms with Crippen LogP contribution in [-0.4, -0.2) is 21.1 Å². The van der Waals surface area contributed by atoms with Gasteiger partial charge < -0.3 is 9.73 Å². The Morgan fingerprint density at radius 1 is 1.13 bits per heavy atom. The largest absolute Gasteiger partial charge is 0.461 e. The molecule has 0 aliphatic carbocycles. The third-order valence-electron chi connectivity index (χ3n) is 5.26. The third-order valence-corrected chi connectivity index (χ3v) is 5.48. The Morgan fingerprint density at radius 2 is 2.00 bits per heavy atom. The Morgan fingerprint density at radius 3 is 2.80 bits per heavy atom. The number of hydrogen-bond donors (Lipinski definition) is 1. The standard InChI is InChI=1S/C22H19ClN4O2.ClH/c23-14-1-2-15(25-12-14)3-4-16-8-10-27(22(28)26-16)17-5-6-18-19-13-24-9-7-20(19)29-21(18)11-17;/h1-2,5-6,8,10-12,24H,3-4,7,9,13H2;1H. The van der Waals surface area contributed by atoms with Gasteiger partial charge in [0.15, 0.2) is 0 Å². The molecule has 0 spiro atoms. The molecule has 6 nitrogen and oxygen atoms in total. The quantitative estimate of drug-likeness (QED) is 0.518. The second-order valence-electron chi connectivity index (χ2n) is 7.15. The zero-order valence-corrected chi connectivity index (χ0v) is 17.7. The Bertz CT molecular complexity index is 1250. The number of nitrogens with one attached hydrogen (secondary N) is 1. The van der Waals surface area contributed by atoms with Crippen molar-refractivity contribution in [3.8, 4) is 5.69 Å². The fourth-order valence-corrected chi connectivity index (χ4v) is 3.85. The van der Waals surface area contributed by atoms with Crippen LogP contribution in [0.5, 0.6) is 0 Å². The molecular weight excluding hydrogens is 423 g/mol. The molecule has 0 bridgehead atoms. The summed E-state index contributed by atoms with van der Waals surface area (Å²) in [7, 11) is 0. The first-order valence-corrected chi connectivity index (χ1v) is 9.99. The first-order chi connectivity index (χ1) is 14.2. The Hall–Kier alpha value is -2.67. The molecule has 1 aromatic carbocycles. The van der Waals surface area contributed by atoms with Crippen LogP contribution in [0.4, 0.5) is 0 Å². The molecular formula is C22H20Cl2N4O2. The van der Waals surface area contributed by atoms with Crippen molar-refractivity contribution in [2.75, 3.05) is 6.54 Å². The molecule has 0 unspecified atom stereocenters. The molecule has 5 rings (SSSR count). The number of benzene rings is 1. The molecule has 30 heavy (non-hydrogen) atoms. The van der Waals surface area contributed by atoms with E-state index in [1.807, 2.05) is 36.4 Å². The SMILES string of the molecule is Cl.O=c1nc(CCc2ccc(Cl)cn2)ccn1-c1ccc2c3c(oc2c1)CCNC3. The molecule has 4 heterocycles. The van der Waals surface area contributed by atoms with Gasteiger partial charge in [-0.1, -0.05) is 11.6 Å². The van der Waals surface area contributed by atoms with E-state index < -0.39 is 0 Å². The van der Waals surface area contributed by atoms with Gasteiger partial charge in [0, 0.05) is 60.3 Å². The molecule has 154 valence electrons. The summed E-state index contributed by atoms with van der Waals surface area (Å²) in [5, 5.41) is 5.08. The molecule has 0 radical (unpaired) electrons. The first kappa shape index (κ1) is 20.6. The second-order valence-corrected chi connectivity index (χ2v) is 7.59. The summed E-state index contributed by atoms with van der Waals surface area (Å²) < 4.78 is 7.56. The second kappa shape index (κ2) is 8.60.